The Morgan fingerprint density at radius 3 is 2.81 bits per heavy atom. The second kappa shape index (κ2) is 8.35. The van der Waals surface area contributed by atoms with Crippen LogP contribution < -0.4 is 10.1 Å². The minimum absolute atomic E-state index is 0.236. The average molecular weight is 292 g/mol. The van der Waals surface area contributed by atoms with Crippen molar-refractivity contribution in [1.82, 2.24) is 10.3 Å². The Balaban J connectivity index is 1.90. The van der Waals surface area contributed by atoms with E-state index in [1.165, 1.54) is 12.0 Å². The Morgan fingerprint density at radius 2 is 2.10 bits per heavy atom. The molecule has 1 aliphatic carbocycles. The number of hydrogen-bond donors (Lipinski definition) is 1. The summed E-state index contributed by atoms with van der Waals surface area (Å²) in [5.74, 6) is 0.744. The van der Waals surface area contributed by atoms with E-state index in [-0.39, 0.29) is 6.10 Å². The summed E-state index contributed by atoms with van der Waals surface area (Å²) in [6, 6.07) is 4.11. The first-order valence-corrected chi connectivity index (χ1v) is 8.09. The number of aryl methyl sites for hydroxylation is 1. The molecule has 0 amide bonds. The van der Waals surface area contributed by atoms with Gasteiger partial charge in [0, 0.05) is 31.8 Å². The highest BCUT2D eigenvalue weighted by atomic mass is 16.5. The van der Waals surface area contributed by atoms with Crippen molar-refractivity contribution >= 4 is 0 Å². The molecule has 0 saturated heterocycles. The van der Waals surface area contributed by atoms with E-state index in [4.69, 9.17) is 9.47 Å². The quantitative estimate of drug-likeness (QED) is 0.784. The molecule has 0 radical (unpaired) electrons. The topological polar surface area (TPSA) is 43.4 Å². The van der Waals surface area contributed by atoms with Crippen LogP contribution in [0.25, 0.3) is 0 Å². The Labute approximate surface area is 128 Å². The molecule has 4 nitrogen and oxygen atoms in total. The summed E-state index contributed by atoms with van der Waals surface area (Å²) in [5, 5.41) is 3.41. The first-order valence-electron chi connectivity index (χ1n) is 8.09. The Hall–Kier alpha value is -1.13. The highest BCUT2D eigenvalue weighted by molar-refractivity contribution is 5.25. The SMILES string of the molecule is CCCNCc1ccc(OC2CCCC(OC)C2)nc1C. The average Bonchev–Trinajstić information content (AvgIpc) is 2.50. The van der Waals surface area contributed by atoms with Crippen LogP contribution in [0.1, 0.15) is 50.3 Å². The highest BCUT2D eigenvalue weighted by Crippen LogP contribution is 2.25. The van der Waals surface area contributed by atoms with E-state index in [1.54, 1.807) is 7.11 Å². The predicted molar refractivity (Wildman–Crippen MR) is 84.7 cm³/mol. The molecule has 1 aromatic heterocycles. The zero-order chi connectivity index (χ0) is 15.1. The van der Waals surface area contributed by atoms with Crippen molar-refractivity contribution in [2.75, 3.05) is 13.7 Å². The number of methoxy groups -OCH3 is 1. The van der Waals surface area contributed by atoms with Gasteiger partial charge in [-0.1, -0.05) is 13.0 Å². The highest BCUT2D eigenvalue weighted by Gasteiger charge is 2.23. The molecule has 118 valence electrons. The van der Waals surface area contributed by atoms with Gasteiger partial charge in [-0.15, -0.1) is 0 Å². The van der Waals surface area contributed by atoms with E-state index in [0.29, 0.717) is 6.10 Å². The van der Waals surface area contributed by atoms with E-state index in [0.717, 1.165) is 50.3 Å². The molecule has 21 heavy (non-hydrogen) atoms. The van der Waals surface area contributed by atoms with Crippen molar-refractivity contribution < 1.29 is 9.47 Å². The van der Waals surface area contributed by atoms with Gasteiger partial charge in [-0.3, -0.25) is 0 Å². The molecule has 1 heterocycles. The maximum atomic E-state index is 6.04. The van der Waals surface area contributed by atoms with Gasteiger partial charge in [-0.05, 0) is 44.7 Å². The minimum atomic E-state index is 0.236. The number of ether oxygens (including phenoxy) is 2. The number of aromatic nitrogens is 1. The number of hydrogen-bond acceptors (Lipinski definition) is 4. The molecule has 1 saturated carbocycles. The summed E-state index contributed by atoms with van der Waals surface area (Å²) in [7, 11) is 1.79. The van der Waals surface area contributed by atoms with E-state index >= 15 is 0 Å². The third-order valence-corrected chi connectivity index (χ3v) is 4.11. The zero-order valence-electron chi connectivity index (χ0n) is 13.5. The first kappa shape index (κ1) is 16.2. The van der Waals surface area contributed by atoms with Crippen LogP contribution in [0, 0.1) is 6.92 Å². The van der Waals surface area contributed by atoms with Crippen LogP contribution in [0.4, 0.5) is 0 Å². The van der Waals surface area contributed by atoms with Gasteiger partial charge in [0.25, 0.3) is 0 Å². The predicted octanol–water partition coefficient (Wildman–Crippen LogP) is 3.23. The largest absolute Gasteiger partial charge is 0.474 e. The summed E-state index contributed by atoms with van der Waals surface area (Å²) >= 11 is 0. The summed E-state index contributed by atoms with van der Waals surface area (Å²) in [6.45, 7) is 6.14. The zero-order valence-corrected chi connectivity index (χ0v) is 13.5. The lowest BCUT2D eigenvalue weighted by Crippen LogP contribution is -2.29. The van der Waals surface area contributed by atoms with Crippen LogP contribution in [0.3, 0.4) is 0 Å². The molecule has 0 aromatic carbocycles. The molecule has 0 bridgehead atoms. The summed E-state index contributed by atoms with van der Waals surface area (Å²) in [5.41, 5.74) is 2.30. The first-order chi connectivity index (χ1) is 10.2. The summed E-state index contributed by atoms with van der Waals surface area (Å²) in [4.78, 5) is 4.59. The fourth-order valence-corrected chi connectivity index (χ4v) is 2.81. The maximum Gasteiger partial charge on any atom is 0.213 e. The molecule has 2 rings (SSSR count). The van der Waals surface area contributed by atoms with Gasteiger partial charge in [0.1, 0.15) is 6.10 Å². The van der Waals surface area contributed by atoms with Crippen molar-refractivity contribution in [2.24, 2.45) is 0 Å². The van der Waals surface area contributed by atoms with E-state index in [1.807, 2.05) is 6.07 Å². The molecule has 4 heteroatoms. The van der Waals surface area contributed by atoms with Crippen LogP contribution in [-0.2, 0) is 11.3 Å². The smallest absolute Gasteiger partial charge is 0.213 e. The molecular weight excluding hydrogens is 264 g/mol. The molecule has 2 atom stereocenters. The molecule has 1 aliphatic rings. The molecular formula is C17H28N2O2. The number of nitrogens with one attached hydrogen (secondary N) is 1. The summed E-state index contributed by atoms with van der Waals surface area (Å²) < 4.78 is 11.5. The van der Waals surface area contributed by atoms with E-state index < -0.39 is 0 Å². The third-order valence-electron chi connectivity index (χ3n) is 4.11. The van der Waals surface area contributed by atoms with Gasteiger partial charge in [-0.25, -0.2) is 4.98 Å². The lowest BCUT2D eigenvalue weighted by molar-refractivity contribution is 0.0194. The van der Waals surface area contributed by atoms with Gasteiger partial charge in [0.15, 0.2) is 0 Å². The lowest BCUT2D eigenvalue weighted by Gasteiger charge is -2.28. The molecule has 1 aromatic rings. The molecule has 1 N–H and O–H groups in total. The monoisotopic (exact) mass is 292 g/mol. The van der Waals surface area contributed by atoms with Gasteiger partial charge in [0.05, 0.1) is 6.10 Å². The van der Waals surface area contributed by atoms with Gasteiger partial charge in [0.2, 0.25) is 5.88 Å². The van der Waals surface area contributed by atoms with E-state index in [9.17, 15) is 0 Å². The standard InChI is InChI=1S/C17H28N2O2/c1-4-10-18-12-14-8-9-17(19-13(14)2)21-16-7-5-6-15(11-16)20-3/h8-9,15-16,18H,4-7,10-12H2,1-3H3. The number of pyridine rings is 1. The van der Waals surface area contributed by atoms with Crippen molar-refractivity contribution in [2.45, 2.75) is 64.7 Å². The van der Waals surface area contributed by atoms with Crippen molar-refractivity contribution in [3.05, 3.63) is 23.4 Å². The van der Waals surface area contributed by atoms with E-state index in [2.05, 4.69) is 30.2 Å². The fourth-order valence-electron chi connectivity index (χ4n) is 2.81. The Bertz CT molecular complexity index is 437. The fraction of sp³-hybridized carbons (Fsp3) is 0.706. The second-order valence-corrected chi connectivity index (χ2v) is 5.83. The van der Waals surface area contributed by atoms with Crippen molar-refractivity contribution in [3.63, 3.8) is 0 Å². The normalized spacial score (nSPS) is 22.2. The van der Waals surface area contributed by atoms with Crippen LogP contribution in [0.2, 0.25) is 0 Å². The lowest BCUT2D eigenvalue weighted by atomic mass is 9.95. The Kier molecular flexibility index (Phi) is 6.46. The molecule has 0 spiro atoms. The van der Waals surface area contributed by atoms with Gasteiger partial charge in [-0.2, -0.15) is 0 Å². The molecule has 2 unspecified atom stereocenters. The Morgan fingerprint density at radius 1 is 1.29 bits per heavy atom. The molecule has 1 fully saturated rings. The number of nitrogens with zero attached hydrogens (tertiary/aromatic N) is 1. The van der Waals surface area contributed by atoms with Crippen LogP contribution in [0.5, 0.6) is 5.88 Å². The summed E-state index contributed by atoms with van der Waals surface area (Å²) in [6.07, 6.45) is 6.10. The van der Waals surface area contributed by atoms with Crippen LogP contribution in [-0.4, -0.2) is 30.8 Å². The molecule has 0 aliphatic heterocycles. The number of rotatable bonds is 7. The van der Waals surface area contributed by atoms with Crippen molar-refractivity contribution in [1.29, 1.82) is 0 Å². The van der Waals surface area contributed by atoms with Crippen molar-refractivity contribution in [3.8, 4) is 5.88 Å². The second-order valence-electron chi connectivity index (χ2n) is 5.83. The van der Waals surface area contributed by atoms with Gasteiger partial charge < -0.3 is 14.8 Å². The van der Waals surface area contributed by atoms with Crippen LogP contribution in [0.15, 0.2) is 12.1 Å². The van der Waals surface area contributed by atoms with Gasteiger partial charge >= 0.3 is 0 Å². The van der Waals surface area contributed by atoms with Crippen LogP contribution >= 0.6 is 0 Å². The minimum Gasteiger partial charge on any atom is -0.474 e. The third kappa shape index (κ3) is 4.97. The maximum absolute atomic E-state index is 6.04.